The molecule has 2 aliphatic carbocycles. The van der Waals surface area contributed by atoms with E-state index in [1.54, 1.807) is 0 Å². The van der Waals surface area contributed by atoms with Crippen molar-refractivity contribution in [3.05, 3.63) is 211 Å². The molecule has 1 unspecified atom stereocenters. The molecule has 2 aromatic heterocycles. The normalized spacial score (nSPS) is 15.5. The summed E-state index contributed by atoms with van der Waals surface area (Å²) in [5.74, 6) is 0.361. The van der Waals surface area contributed by atoms with Crippen LogP contribution in [0.3, 0.4) is 0 Å². The van der Waals surface area contributed by atoms with Crippen molar-refractivity contribution in [3.63, 3.8) is 0 Å². The molecular weight excluding hydrogens is 677 g/mol. The van der Waals surface area contributed by atoms with Crippen LogP contribution in [-0.2, 0) is 0 Å². The van der Waals surface area contributed by atoms with Crippen LogP contribution in [0.25, 0.3) is 82.8 Å². The van der Waals surface area contributed by atoms with Gasteiger partial charge in [0.15, 0.2) is 0 Å². The van der Waals surface area contributed by atoms with Crippen molar-refractivity contribution in [2.24, 2.45) is 0 Å². The predicted octanol–water partition coefficient (Wildman–Crippen LogP) is 14.5. The van der Waals surface area contributed by atoms with Gasteiger partial charge in [-0.1, -0.05) is 146 Å². The first-order chi connectivity index (χ1) is 27.8. The minimum Gasteiger partial charge on any atom is -0.310 e. The second-order valence-electron chi connectivity index (χ2n) is 15.2. The molecule has 266 valence electrons. The van der Waals surface area contributed by atoms with E-state index in [2.05, 4.69) is 209 Å². The lowest BCUT2D eigenvalue weighted by molar-refractivity contribution is 0.850. The average molecular weight is 717 g/mol. The predicted molar refractivity (Wildman–Crippen MR) is 238 cm³/mol. The Morgan fingerprint density at radius 3 is 1.70 bits per heavy atom. The molecule has 11 rings (SSSR count). The molecule has 7 aromatic carbocycles. The largest absolute Gasteiger partial charge is 0.310 e. The molecule has 2 aliphatic rings. The maximum Gasteiger partial charge on any atom is 0.0541 e. The van der Waals surface area contributed by atoms with Gasteiger partial charge in [0.05, 0.1) is 22.1 Å². The fraction of sp³-hybridized carbons (Fsp3) is 0.0741. The highest BCUT2D eigenvalue weighted by molar-refractivity contribution is 6.13. The molecule has 0 N–H and O–H groups in total. The molecule has 0 amide bonds. The fourth-order valence-corrected chi connectivity index (χ4v) is 9.09. The molecule has 2 heterocycles. The van der Waals surface area contributed by atoms with Crippen LogP contribution < -0.4 is 0 Å². The van der Waals surface area contributed by atoms with Gasteiger partial charge in [0.25, 0.3) is 0 Å². The van der Waals surface area contributed by atoms with Crippen LogP contribution in [0, 0.1) is 0 Å². The Morgan fingerprint density at radius 1 is 0.411 bits per heavy atom. The summed E-state index contributed by atoms with van der Waals surface area (Å²) in [6, 6.07) is 60.4. The van der Waals surface area contributed by atoms with E-state index in [1.807, 2.05) is 0 Å². The zero-order chi connectivity index (χ0) is 37.0. The van der Waals surface area contributed by atoms with Crippen molar-refractivity contribution in [1.29, 1.82) is 0 Å². The van der Waals surface area contributed by atoms with Crippen LogP contribution in [-0.4, -0.2) is 9.13 Å². The fourth-order valence-electron chi connectivity index (χ4n) is 9.09. The number of fused-ring (bicyclic) bond motifs is 6. The molecule has 1 atom stereocenters. The summed E-state index contributed by atoms with van der Waals surface area (Å²) in [5, 5.41) is 5.09. The Morgan fingerprint density at radius 2 is 1.02 bits per heavy atom. The van der Waals surface area contributed by atoms with Gasteiger partial charge in [0.2, 0.25) is 0 Å². The SMILES string of the molecule is C1=CC(c2cccc(-n3c4ccccc4c4cc(-c5ccc6c(c5)c5ccccc5n6C5=CCC(c6ccc(-c7ccccc7)cc6)C=C5)ccc43)c2)=CCC1. The molecule has 0 radical (unpaired) electrons. The lowest BCUT2D eigenvalue weighted by Crippen LogP contribution is -2.02. The smallest absolute Gasteiger partial charge is 0.0541 e. The van der Waals surface area contributed by atoms with Gasteiger partial charge in [-0.25, -0.2) is 0 Å². The van der Waals surface area contributed by atoms with Gasteiger partial charge < -0.3 is 9.13 Å². The van der Waals surface area contributed by atoms with Crippen molar-refractivity contribution >= 4 is 54.9 Å². The van der Waals surface area contributed by atoms with Gasteiger partial charge in [-0.3, -0.25) is 0 Å². The van der Waals surface area contributed by atoms with E-state index in [-0.39, 0.29) is 0 Å². The Kier molecular flexibility index (Phi) is 7.81. The topological polar surface area (TPSA) is 9.86 Å². The quantitative estimate of drug-likeness (QED) is 0.162. The standard InChI is InChI=1S/C54H40N2/c1-3-12-37(13-4-1)39-22-24-40(25-23-39)41-26-30-45(31-27-41)55-51-20-9-7-18-47(51)49-35-43(28-32-53(49)55)44-29-33-54-50(36-44)48-19-8-10-21-52(48)56(54)46-17-11-16-42(34-46)38-14-5-2-6-15-38/h1,3-5,7-26,28-36,41H,2,6,27H2. The Labute approximate surface area is 327 Å². The molecule has 0 fully saturated rings. The zero-order valence-corrected chi connectivity index (χ0v) is 31.1. The van der Waals surface area contributed by atoms with Gasteiger partial charge in [-0.05, 0) is 113 Å². The first-order valence-corrected chi connectivity index (χ1v) is 19.9. The van der Waals surface area contributed by atoms with Gasteiger partial charge in [0, 0.05) is 38.8 Å². The third-order valence-corrected chi connectivity index (χ3v) is 11.9. The monoisotopic (exact) mass is 716 g/mol. The Hall–Kier alpha value is -6.90. The summed E-state index contributed by atoms with van der Waals surface area (Å²) in [7, 11) is 0. The molecule has 0 aliphatic heterocycles. The number of benzene rings is 7. The molecule has 0 saturated heterocycles. The van der Waals surface area contributed by atoms with E-state index in [0.717, 1.165) is 19.3 Å². The minimum absolute atomic E-state index is 0.361. The molecule has 9 aromatic rings. The lowest BCUT2D eigenvalue weighted by Gasteiger charge is -2.19. The molecule has 0 bridgehead atoms. The highest BCUT2D eigenvalue weighted by atomic mass is 15.0. The van der Waals surface area contributed by atoms with Crippen molar-refractivity contribution < 1.29 is 0 Å². The van der Waals surface area contributed by atoms with Gasteiger partial charge >= 0.3 is 0 Å². The number of rotatable bonds is 6. The summed E-state index contributed by atoms with van der Waals surface area (Å²) in [4.78, 5) is 0. The number of allylic oxidation sites excluding steroid dienone is 8. The summed E-state index contributed by atoms with van der Waals surface area (Å²) in [5.41, 5.74) is 16.2. The Bertz CT molecular complexity index is 3090. The van der Waals surface area contributed by atoms with Crippen LogP contribution in [0.4, 0.5) is 0 Å². The first-order valence-electron chi connectivity index (χ1n) is 19.9. The van der Waals surface area contributed by atoms with E-state index in [1.165, 1.54) is 93.9 Å². The molecule has 2 nitrogen and oxygen atoms in total. The number of nitrogens with zero attached hydrogens (tertiary/aromatic N) is 2. The second kappa shape index (κ2) is 13.4. The summed E-state index contributed by atoms with van der Waals surface area (Å²) in [6.07, 6.45) is 17.2. The maximum absolute atomic E-state index is 2.45. The number of para-hydroxylation sites is 2. The van der Waals surface area contributed by atoms with Gasteiger partial charge in [0.1, 0.15) is 0 Å². The number of aromatic nitrogens is 2. The molecule has 0 saturated carbocycles. The van der Waals surface area contributed by atoms with Gasteiger partial charge in [-0.15, -0.1) is 0 Å². The van der Waals surface area contributed by atoms with Crippen molar-refractivity contribution in [2.45, 2.75) is 25.2 Å². The third-order valence-electron chi connectivity index (χ3n) is 11.9. The van der Waals surface area contributed by atoms with Crippen molar-refractivity contribution in [1.82, 2.24) is 9.13 Å². The zero-order valence-electron chi connectivity index (χ0n) is 31.1. The molecule has 0 spiro atoms. The summed E-state index contributed by atoms with van der Waals surface area (Å²) >= 11 is 0. The van der Waals surface area contributed by atoms with Gasteiger partial charge in [-0.2, -0.15) is 0 Å². The van der Waals surface area contributed by atoms with E-state index >= 15 is 0 Å². The Balaban J connectivity index is 0.951. The van der Waals surface area contributed by atoms with Crippen LogP contribution in [0.5, 0.6) is 0 Å². The van der Waals surface area contributed by atoms with Crippen molar-refractivity contribution in [3.8, 4) is 27.9 Å². The minimum atomic E-state index is 0.361. The second-order valence-corrected chi connectivity index (χ2v) is 15.2. The maximum atomic E-state index is 2.45. The van der Waals surface area contributed by atoms with E-state index in [4.69, 9.17) is 0 Å². The summed E-state index contributed by atoms with van der Waals surface area (Å²) < 4.78 is 4.88. The lowest BCUT2D eigenvalue weighted by atomic mass is 9.90. The van der Waals surface area contributed by atoms with Crippen LogP contribution in [0.2, 0.25) is 0 Å². The molecule has 56 heavy (non-hydrogen) atoms. The van der Waals surface area contributed by atoms with E-state index in [0.29, 0.717) is 5.92 Å². The van der Waals surface area contributed by atoms with Crippen LogP contribution in [0.15, 0.2) is 200 Å². The number of hydrogen-bond acceptors (Lipinski definition) is 0. The number of hydrogen-bond donors (Lipinski definition) is 0. The van der Waals surface area contributed by atoms with Crippen LogP contribution >= 0.6 is 0 Å². The molecular formula is C54H40N2. The summed E-state index contributed by atoms with van der Waals surface area (Å²) in [6.45, 7) is 0. The first kappa shape index (κ1) is 32.5. The average Bonchev–Trinajstić information content (AvgIpc) is 3.79. The van der Waals surface area contributed by atoms with E-state index in [9.17, 15) is 0 Å². The highest BCUT2D eigenvalue weighted by Gasteiger charge is 2.19. The molecule has 2 heteroatoms. The highest BCUT2D eigenvalue weighted by Crippen LogP contribution is 2.40. The van der Waals surface area contributed by atoms with Crippen LogP contribution in [0.1, 0.15) is 36.3 Å². The van der Waals surface area contributed by atoms with Crippen molar-refractivity contribution in [2.75, 3.05) is 0 Å². The third kappa shape index (κ3) is 5.48. The van der Waals surface area contributed by atoms with E-state index < -0.39 is 0 Å².